The van der Waals surface area contributed by atoms with E-state index in [4.69, 9.17) is 0 Å². The molecule has 1 aliphatic heterocycles. The molecule has 1 saturated heterocycles. The zero-order chi connectivity index (χ0) is 7.52. The second-order valence-electron chi connectivity index (χ2n) is 2.67. The van der Waals surface area contributed by atoms with Gasteiger partial charge in [0, 0.05) is 19.1 Å². The van der Waals surface area contributed by atoms with E-state index in [0.29, 0.717) is 6.04 Å². The van der Waals surface area contributed by atoms with Crippen LogP contribution in [0.1, 0.15) is 5.82 Å². The molecule has 60 valence electrons. The van der Waals surface area contributed by atoms with Crippen LogP contribution in [-0.4, -0.2) is 34.3 Å². The van der Waals surface area contributed by atoms with Crippen molar-refractivity contribution in [2.24, 2.45) is 0 Å². The van der Waals surface area contributed by atoms with E-state index in [-0.39, 0.29) is 0 Å². The summed E-state index contributed by atoms with van der Waals surface area (Å²) in [4.78, 5) is 4.00. The highest BCUT2D eigenvalue weighted by molar-refractivity contribution is 4.85. The molecule has 0 saturated carbocycles. The predicted molar refractivity (Wildman–Crippen MR) is 39.9 cm³/mol. The fourth-order valence-electron chi connectivity index (χ4n) is 0.990. The van der Waals surface area contributed by atoms with Crippen molar-refractivity contribution in [3.05, 3.63) is 12.2 Å². The maximum atomic E-state index is 4.00. The van der Waals surface area contributed by atoms with Crippen molar-refractivity contribution in [3.8, 4) is 0 Å². The van der Waals surface area contributed by atoms with E-state index >= 15 is 0 Å². The third-order valence-corrected chi connectivity index (χ3v) is 1.80. The van der Waals surface area contributed by atoms with E-state index in [0.717, 1.165) is 25.5 Å². The van der Waals surface area contributed by atoms with Gasteiger partial charge in [-0.3, -0.25) is 5.10 Å². The lowest BCUT2D eigenvalue weighted by atomic mass is 10.2. The Labute approximate surface area is 64.6 Å². The van der Waals surface area contributed by atoms with E-state index in [1.54, 1.807) is 0 Å². The van der Waals surface area contributed by atoms with Crippen LogP contribution in [0.15, 0.2) is 6.33 Å². The van der Waals surface area contributed by atoms with Crippen LogP contribution >= 0.6 is 0 Å². The topological polar surface area (TPSA) is 65.6 Å². The van der Waals surface area contributed by atoms with Gasteiger partial charge in [0.05, 0.1) is 6.54 Å². The van der Waals surface area contributed by atoms with Gasteiger partial charge in [-0.15, -0.1) is 0 Å². The van der Waals surface area contributed by atoms with Crippen molar-refractivity contribution in [1.82, 2.24) is 25.8 Å². The summed E-state index contributed by atoms with van der Waals surface area (Å²) in [7, 11) is 0. The normalized spacial score (nSPS) is 18.2. The van der Waals surface area contributed by atoms with Gasteiger partial charge in [-0.2, -0.15) is 5.10 Å². The molecule has 1 aromatic heterocycles. The molecule has 0 radical (unpaired) electrons. The lowest BCUT2D eigenvalue weighted by Crippen LogP contribution is -2.55. The lowest BCUT2D eigenvalue weighted by molar-refractivity contribution is 0.362. The molecular weight excluding hydrogens is 142 g/mol. The van der Waals surface area contributed by atoms with Crippen LogP contribution in [0.3, 0.4) is 0 Å². The van der Waals surface area contributed by atoms with Gasteiger partial charge >= 0.3 is 0 Å². The minimum absolute atomic E-state index is 0.611. The number of H-pyrrole nitrogens is 1. The molecule has 0 unspecified atom stereocenters. The van der Waals surface area contributed by atoms with Crippen LogP contribution in [0.25, 0.3) is 0 Å². The van der Waals surface area contributed by atoms with Crippen LogP contribution in [0.2, 0.25) is 0 Å². The first-order valence-electron chi connectivity index (χ1n) is 3.73. The number of nitrogens with zero attached hydrogens (tertiary/aromatic N) is 2. The molecule has 5 nitrogen and oxygen atoms in total. The number of aromatic nitrogens is 3. The van der Waals surface area contributed by atoms with Crippen molar-refractivity contribution >= 4 is 0 Å². The van der Waals surface area contributed by atoms with Gasteiger partial charge in [0.1, 0.15) is 12.2 Å². The summed E-state index contributed by atoms with van der Waals surface area (Å²) >= 11 is 0. The molecule has 1 aliphatic rings. The van der Waals surface area contributed by atoms with E-state index in [1.807, 2.05) is 0 Å². The Kier molecular flexibility index (Phi) is 1.83. The summed E-state index contributed by atoms with van der Waals surface area (Å²) in [5.41, 5.74) is 0. The van der Waals surface area contributed by atoms with Gasteiger partial charge in [-0.05, 0) is 0 Å². The van der Waals surface area contributed by atoms with Crippen molar-refractivity contribution in [1.29, 1.82) is 0 Å². The van der Waals surface area contributed by atoms with Crippen LogP contribution < -0.4 is 10.6 Å². The smallest absolute Gasteiger partial charge is 0.138 e. The minimum atomic E-state index is 0.611. The van der Waals surface area contributed by atoms with E-state index in [9.17, 15) is 0 Å². The van der Waals surface area contributed by atoms with Gasteiger partial charge in [0.25, 0.3) is 0 Å². The average molecular weight is 153 g/mol. The Morgan fingerprint density at radius 1 is 1.64 bits per heavy atom. The third kappa shape index (κ3) is 1.55. The lowest BCUT2D eigenvalue weighted by Gasteiger charge is -2.27. The van der Waals surface area contributed by atoms with Crippen molar-refractivity contribution in [3.63, 3.8) is 0 Å². The van der Waals surface area contributed by atoms with E-state index in [1.165, 1.54) is 6.33 Å². The van der Waals surface area contributed by atoms with Gasteiger partial charge in [-0.1, -0.05) is 0 Å². The van der Waals surface area contributed by atoms with Crippen LogP contribution in [-0.2, 0) is 6.54 Å². The average Bonchev–Trinajstić information content (AvgIpc) is 2.36. The molecular formula is C6H11N5. The highest BCUT2D eigenvalue weighted by Crippen LogP contribution is 1.92. The van der Waals surface area contributed by atoms with Gasteiger partial charge in [0.2, 0.25) is 0 Å². The summed E-state index contributed by atoms with van der Waals surface area (Å²) in [6.45, 7) is 2.91. The Morgan fingerprint density at radius 2 is 2.55 bits per heavy atom. The van der Waals surface area contributed by atoms with Crippen molar-refractivity contribution < 1.29 is 0 Å². The Bertz CT molecular complexity index is 203. The highest BCUT2D eigenvalue weighted by atomic mass is 15.2. The predicted octanol–water partition coefficient (Wildman–Crippen LogP) is -1.13. The summed E-state index contributed by atoms with van der Waals surface area (Å²) < 4.78 is 0. The quantitative estimate of drug-likeness (QED) is 0.514. The zero-order valence-corrected chi connectivity index (χ0v) is 6.17. The molecule has 3 N–H and O–H groups in total. The van der Waals surface area contributed by atoms with Crippen molar-refractivity contribution in [2.75, 3.05) is 13.1 Å². The number of aromatic amines is 1. The summed E-state index contributed by atoms with van der Waals surface area (Å²) in [5.74, 6) is 0.900. The number of hydrogen-bond donors (Lipinski definition) is 3. The zero-order valence-electron chi connectivity index (χ0n) is 6.17. The fourth-order valence-corrected chi connectivity index (χ4v) is 0.990. The summed E-state index contributed by atoms with van der Waals surface area (Å²) in [5, 5.41) is 13.1. The highest BCUT2D eigenvalue weighted by Gasteiger charge is 2.15. The Morgan fingerprint density at radius 3 is 3.09 bits per heavy atom. The molecule has 2 rings (SSSR count). The third-order valence-electron chi connectivity index (χ3n) is 1.80. The first-order chi connectivity index (χ1) is 5.45. The number of nitrogens with one attached hydrogen (secondary N) is 3. The largest absolute Gasteiger partial charge is 0.314 e. The second kappa shape index (κ2) is 2.98. The molecule has 0 atom stereocenters. The van der Waals surface area contributed by atoms with Crippen LogP contribution in [0.5, 0.6) is 0 Å². The molecule has 0 aliphatic carbocycles. The van der Waals surface area contributed by atoms with Gasteiger partial charge < -0.3 is 10.6 Å². The minimum Gasteiger partial charge on any atom is -0.314 e. The molecule has 0 amide bonds. The number of rotatable bonds is 3. The molecule has 11 heavy (non-hydrogen) atoms. The molecule has 2 heterocycles. The first kappa shape index (κ1) is 6.75. The number of hydrogen-bond acceptors (Lipinski definition) is 4. The van der Waals surface area contributed by atoms with Crippen LogP contribution in [0, 0.1) is 0 Å². The SMILES string of the molecule is c1n[nH]c(CNC2CNC2)n1. The maximum Gasteiger partial charge on any atom is 0.138 e. The molecule has 5 heteroatoms. The molecule has 1 fully saturated rings. The van der Waals surface area contributed by atoms with Gasteiger partial charge in [0.15, 0.2) is 0 Å². The summed E-state index contributed by atoms with van der Waals surface area (Å²) in [6.07, 6.45) is 1.52. The molecule has 0 spiro atoms. The standard InChI is InChI=1S/C6H11N5/c1-5(2-7-1)8-3-6-9-4-10-11-6/h4-5,7-8H,1-3H2,(H,9,10,11). The molecule has 1 aromatic rings. The first-order valence-corrected chi connectivity index (χ1v) is 3.73. The molecule has 0 aromatic carbocycles. The fraction of sp³-hybridized carbons (Fsp3) is 0.667. The van der Waals surface area contributed by atoms with E-state index in [2.05, 4.69) is 25.8 Å². The Balaban J connectivity index is 1.74. The molecule has 0 bridgehead atoms. The monoisotopic (exact) mass is 153 g/mol. The second-order valence-corrected chi connectivity index (χ2v) is 2.67. The van der Waals surface area contributed by atoms with Crippen molar-refractivity contribution in [2.45, 2.75) is 12.6 Å². The summed E-state index contributed by atoms with van der Waals surface area (Å²) in [6, 6.07) is 0.611. The Hall–Kier alpha value is -0.940. The van der Waals surface area contributed by atoms with Crippen LogP contribution in [0.4, 0.5) is 0 Å². The van der Waals surface area contributed by atoms with Gasteiger partial charge in [-0.25, -0.2) is 4.98 Å². The van der Waals surface area contributed by atoms with E-state index < -0.39 is 0 Å². The maximum absolute atomic E-state index is 4.00.